The number of carbonyl (C=O) groups is 2. The van der Waals surface area contributed by atoms with Crippen LogP contribution in [0.5, 0.6) is 11.5 Å². The second kappa shape index (κ2) is 8.45. The van der Waals surface area contributed by atoms with E-state index in [0.29, 0.717) is 22.9 Å². The van der Waals surface area contributed by atoms with E-state index < -0.39 is 0 Å². The number of hydrogen-bond donors (Lipinski definition) is 1. The predicted octanol–water partition coefficient (Wildman–Crippen LogP) is 5.07. The number of amides is 1. The topological polar surface area (TPSA) is 77.8 Å². The van der Waals surface area contributed by atoms with Gasteiger partial charge in [-0.1, -0.05) is 18.2 Å². The van der Waals surface area contributed by atoms with Gasteiger partial charge in [0.15, 0.2) is 23.0 Å². The molecular weight excluding hydrogens is 390 g/mol. The molecule has 2 heterocycles. The van der Waals surface area contributed by atoms with Crippen LogP contribution in [0.1, 0.15) is 34.7 Å². The van der Waals surface area contributed by atoms with E-state index in [2.05, 4.69) is 5.32 Å². The third kappa shape index (κ3) is 4.46. The van der Waals surface area contributed by atoms with Crippen molar-refractivity contribution in [2.75, 3.05) is 12.1 Å². The molecule has 1 N–H and O–H groups in total. The molecule has 29 heavy (non-hydrogen) atoms. The maximum absolute atomic E-state index is 12.7. The number of ether oxygens (including phenoxy) is 2. The largest absolute Gasteiger partial charge is 0.461 e. The second-order valence-electron chi connectivity index (χ2n) is 6.50. The Balaban J connectivity index is 1.65. The van der Waals surface area contributed by atoms with Gasteiger partial charge < -0.3 is 19.2 Å². The number of hydrogen-bond acceptors (Lipinski definition) is 6. The SMILES string of the molecule is CC(=O)Nc1ccccc1S[C@@H](CC(=O)c1ccco1)c1ccc2c(c1)OCO2. The zero-order valence-electron chi connectivity index (χ0n) is 15.7. The molecule has 0 spiro atoms. The lowest BCUT2D eigenvalue weighted by molar-refractivity contribution is -0.114. The summed E-state index contributed by atoms with van der Waals surface area (Å²) in [5, 5.41) is 2.63. The van der Waals surface area contributed by atoms with E-state index in [1.165, 1.54) is 24.9 Å². The minimum absolute atomic E-state index is 0.0952. The summed E-state index contributed by atoms with van der Waals surface area (Å²) in [7, 11) is 0. The summed E-state index contributed by atoms with van der Waals surface area (Å²) in [5.74, 6) is 1.43. The Bertz CT molecular complexity index is 1030. The van der Waals surface area contributed by atoms with Gasteiger partial charge in [-0.25, -0.2) is 0 Å². The number of rotatable bonds is 7. The molecular formula is C22H19NO5S. The highest BCUT2D eigenvalue weighted by molar-refractivity contribution is 7.99. The predicted molar refractivity (Wildman–Crippen MR) is 110 cm³/mol. The molecule has 3 aromatic rings. The van der Waals surface area contributed by atoms with Crippen LogP contribution in [-0.4, -0.2) is 18.5 Å². The Morgan fingerprint density at radius 3 is 2.69 bits per heavy atom. The lowest BCUT2D eigenvalue weighted by Gasteiger charge is -2.18. The van der Waals surface area contributed by atoms with E-state index in [1.807, 2.05) is 42.5 Å². The lowest BCUT2D eigenvalue weighted by Crippen LogP contribution is -2.08. The summed E-state index contributed by atoms with van der Waals surface area (Å²) >= 11 is 1.51. The van der Waals surface area contributed by atoms with Crippen molar-refractivity contribution in [2.45, 2.75) is 23.5 Å². The van der Waals surface area contributed by atoms with Crippen molar-refractivity contribution in [3.63, 3.8) is 0 Å². The molecule has 0 saturated carbocycles. The highest BCUT2D eigenvalue weighted by Gasteiger charge is 2.24. The van der Waals surface area contributed by atoms with Crippen molar-refractivity contribution < 1.29 is 23.5 Å². The Labute approximate surface area is 172 Å². The molecule has 1 aliphatic heterocycles. The molecule has 148 valence electrons. The number of fused-ring (bicyclic) bond motifs is 1. The summed E-state index contributed by atoms with van der Waals surface area (Å²) in [6.45, 7) is 1.66. The molecule has 0 radical (unpaired) electrons. The van der Waals surface area contributed by atoms with Crippen LogP contribution in [-0.2, 0) is 4.79 Å². The van der Waals surface area contributed by atoms with Crippen LogP contribution >= 0.6 is 11.8 Å². The number of nitrogens with one attached hydrogen (secondary N) is 1. The van der Waals surface area contributed by atoms with Crippen LogP contribution in [0.15, 0.2) is 70.2 Å². The Morgan fingerprint density at radius 2 is 1.90 bits per heavy atom. The normalized spacial score (nSPS) is 13.1. The average molecular weight is 409 g/mol. The van der Waals surface area contributed by atoms with Crippen LogP contribution in [0.25, 0.3) is 0 Å². The summed E-state index contributed by atoms with van der Waals surface area (Å²) < 4.78 is 16.2. The van der Waals surface area contributed by atoms with Crippen LogP contribution in [0.2, 0.25) is 0 Å². The van der Waals surface area contributed by atoms with Gasteiger partial charge in [0.2, 0.25) is 12.7 Å². The first-order valence-corrected chi connectivity index (χ1v) is 9.97. The first-order chi connectivity index (χ1) is 14.1. The zero-order chi connectivity index (χ0) is 20.2. The van der Waals surface area contributed by atoms with Gasteiger partial charge in [0.05, 0.1) is 12.0 Å². The van der Waals surface area contributed by atoms with E-state index in [0.717, 1.165) is 10.5 Å². The number of para-hydroxylation sites is 1. The second-order valence-corrected chi connectivity index (χ2v) is 7.75. The third-order valence-corrected chi connectivity index (χ3v) is 5.74. The summed E-state index contributed by atoms with van der Waals surface area (Å²) in [5.41, 5.74) is 1.64. The maximum Gasteiger partial charge on any atom is 0.231 e. The standard InChI is InChI=1S/C22H19NO5S/c1-14(24)23-16-5-2-3-7-21(16)29-22(12-17(25)18-6-4-10-26-18)15-8-9-19-20(11-15)28-13-27-19/h2-11,22H,12-13H2,1H3,(H,23,24)/t22-/m0/s1. The van der Waals surface area contributed by atoms with Crippen molar-refractivity contribution >= 4 is 29.1 Å². The van der Waals surface area contributed by atoms with E-state index in [9.17, 15) is 9.59 Å². The van der Waals surface area contributed by atoms with Crippen LogP contribution in [0.4, 0.5) is 5.69 Å². The molecule has 0 saturated heterocycles. The summed E-state index contributed by atoms with van der Waals surface area (Å²) in [4.78, 5) is 25.2. The molecule has 0 fully saturated rings. The van der Waals surface area contributed by atoms with E-state index in [1.54, 1.807) is 12.1 Å². The Morgan fingerprint density at radius 1 is 1.07 bits per heavy atom. The molecule has 0 unspecified atom stereocenters. The van der Waals surface area contributed by atoms with Crippen molar-refractivity contribution in [1.29, 1.82) is 0 Å². The molecule has 7 heteroatoms. The highest BCUT2D eigenvalue weighted by atomic mass is 32.2. The molecule has 4 rings (SSSR count). The molecule has 6 nitrogen and oxygen atoms in total. The molecule has 1 aliphatic rings. The molecule has 1 atom stereocenters. The van der Waals surface area contributed by atoms with Crippen LogP contribution in [0, 0.1) is 0 Å². The van der Waals surface area contributed by atoms with Gasteiger partial charge in [-0.3, -0.25) is 9.59 Å². The van der Waals surface area contributed by atoms with Gasteiger partial charge in [0.25, 0.3) is 0 Å². The fraction of sp³-hybridized carbons (Fsp3) is 0.182. The number of furan rings is 1. The molecule has 1 amide bonds. The Kier molecular flexibility index (Phi) is 5.57. The minimum atomic E-state index is -0.211. The van der Waals surface area contributed by atoms with Gasteiger partial charge in [-0.05, 0) is 42.0 Å². The number of benzene rings is 2. The van der Waals surface area contributed by atoms with Crippen LogP contribution in [0.3, 0.4) is 0 Å². The lowest BCUT2D eigenvalue weighted by atomic mass is 10.1. The van der Waals surface area contributed by atoms with Crippen LogP contribution < -0.4 is 14.8 Å². The van der Waals surface area contributed by atoms with Crippen molar-refractivity contribution in [3.05, 3.63) is 72.2 Å². The quantitative estimate of drug-likeness (QED) is 0.433. The molecule has 1 aromatic heterocycles. The smallest absolute Gasteiger partial charge is 0.231 e. The number of ketones is 1. The zero-order valence-corrected chi connectivity index (χ0v) is 16.5. The number of anilines is 1. The monoisotopic (exact) mass is 409 g/mol. The number of Topliss-reactive ketones (excluding diaryl/α,β-unsaturated/α-hetero) is 1. The van der Waals surface area contributed by atoms with Gasteiger partial charge in [-0.2, -0.15) is 0 Å². The molecule has 0 aliphatic carbocycles. The van der Waals surface area contributed by atoms with Crippen molar-refractivity contribution in [1.82, 2.24) is 0 Å². The maximum atomic E-state index is 12.7. The van der Waals surface area contributed by atoms with Gasteiger partial charge in [0.1, 0.15) is 0 Å². The summed E-state index contributed by atoms with van der Waals surface area (Å²) in [6.07, 6.45) is 1.72. The van der Waals surface area contributed by atoms with Gasteiger partial charge >= 0.3 is 0 Å². The first-order valence-electron chi connectivity index (χ1n) is 9.09. The molecule has 0 bridgehead atoms. The molecule has 2 aromatic carbocycles. The van der Waals surface area contributed by atoms with E-state index >= 15 is 0 Å². The first kappa shape index (κ1) is 19.1. The van der Waals surface area contributed by atoms with Crippen molar-refractivity contribution in [2.24, 2.45) is 0 Å². The number of carbonyl (C=O) groups excluding carboxylic acids is 2. The average Bonchev–Trinajstić information content (AvgIpc) is 3.39. The van der Waals surface area contributed by atoms with E-state index in [4.69, 9.17) is 13.9 Å². The van der Waals surface area contributed by atoms with E-state index in [-0.39, 0.29) is 30.2 Å². The van der Waals surface area contributed by atoms with Gasteiger partial charge in [-0.15, -0.1) is 11.8 Å². The number of thioether (sulfide) groups is 1. The third-order valence-electron chi connectivity index (χ3n) is 4.40. The summed E-state index contributed by atoms with van der Waals surface area (Å²) in [6, 6.07) is 16.6. The van der Waals surface area contributed by atoms with Gasteiger partial charge in [0, 0.05) is 23.5 Å². The highest BCUT2D eigenvalue weighted by Crippen LogP contribution is 2.44. The fourth-order valence-corrected chi connectivity index (χ4v) is 4.29. The fourth-order valence-electron chi connectivity index (χ4n) is 3.06. The van der Waals surface area contributed by atoms with Crippen molar-refractivity contribution in [3.8, 4) is 11.5 Å². The Hall–Kier alpha value is -3.19. The minimum Gasteiger partial charge on any atom is -0.461 e.